The number of hydrogen-bond acceptors (Lipinski definition) is 7. The van der Waals surface area contributed by atoms with Gasteiger partial charge in [-0.05, 0) is 32.0 Å². The molecule has 9 heteroatoms. The minimum absolute atomic E-state index is 0.207. The molecule has 3 heterocycles. The normalized spacial score (nSPS) is 16.1. The molecule has 1 aliphatic rings. The third kappa shape index (κ3) is 2.64. The van der Waals surface area contributed by atoms with Gasteiger partial charge in [0.05, 0.1) is 29.3 Å². The largest absolute Gasteiger partial charge is 0.463 e. The van der Waals surface area contributed by atoms with Crippen LogP contribution in [0.2, 0.25) is 0 Å². The van der Waals surface area contributed by atoms with Crippen molar-refractivity contribution in [3.63, 3.8) is 0 Å². The van der Waals surface area contributed by atoms with E-state index in [1.165, 1.54) is 12.1 Å². The van der Waals surface area contributed by atoms with Crippen LogP contribution in [0, 0.1) is 10.1 Å². The van der Waals surface area contributed by atoms with E-state index in [4.69, 9.17) is 9.15 Å². The van der Waals surface area contributed by atoms with Crippen LogP contribution in [0.5, 0.6) is 0 Å². The SMILES string of the molecule is CCOC(=O)C1=C(C)Nc2nc3ccccc3n2C1c1ccc([N+](=O)[O-])o1. The number of ether oxygens (including phenoxy) is 1. The van der Waals surface area contributed by atoms with Gasteiger partial charge in [0.15, 0.2) is 0 Å². The van der Waals surface area contributed by atoms with Gasteiger partial charge in [0.2, 0.25) is 5.95 Å². The molecule has 2 aromatic heterocycles. The molecule has 1 N–H and O–H groups in total. The molecule has 1 aromatic carbocycles. The summed E-state index contributed by atoms with van der Waals surface area (Å²) in [6.07, 6.45) is 0. The second-order valence-electron chi connectivity index (χ2n) is 6.01. The number of carbonyl (C=O) groups is 1. The summed E-state index contributed by atoms with van der Waals surface area (Å²) in [5.41, 5.74) is 2.36. The monoisotopic (exact) mass is 368 g/mol. The number of allylic oxidation sites excluding steroid dienone is 1. The third-order valence-electron chi connectivity index (χ3n) is 4.39. The summed E-state index contributed by atoms with van der Waals surface area (Å²) in [5, 5.41) is 14.2. The summed E-state index contributed by atoms with van der Waals surface area (Å²) in [6.45, 7) is 3.66. The van der Waals surface area contributed by atoms with E-state index in [1.807, 2.05) is 24.3 Å². The van der Waals surface area contributed by atoms with Crippen molar-refractivity contribution in [1.82, 2.24) is 9.55 Å². The van der Waals surface area contributed by atoms with Gasteiger partial charge in [-0.2, -0.15) is 0 Å². The van der Waals surface area contributed by atoms with Crippen LogP contribution in [0.25, 0.3) is 11.0 Å². The molecule has 0 spiro atoms. The Bertz CT molecular complexity index is 1090. The molecule has 138 valence electrons. The second kappa shape index (κ2) is 6.27. The highest BCUT2D eigenvalue weighted by atomic mass is 16.6. The van der Waals surface area contributed by atoms with Crippen molar-refractivity contribution in [2.45, 2.75) is 19.9 Å². The fourth-order valence-corrected chi connectivity index (χ4v) is 3.29. The predicted octanol–water partition coefficient (Wildman–Crippen LogP) is 3.39. The van der Waals surface area contributed by atoms with Gasteiger partial charge < -0.3 is 14.5 Å². The van der Waals surface area contributed by atoms with Crippen molar-refractivity contribution in [1.29, 1.82) is 0 Å². The zero-order valence-corrected chi connectivity index (χ0v) is 14.6. The lowest BCUT2D eigenvalue weighted by molar-refractivity contribution is -0.402. The van der Waals surface area contributed by atoms with E-state index >= 15 is 0 Å². The van der Waals surface area contributed by atoms with E-state index in [0.29, 0.717) is 17.2 Å². The van der Waals surface area contributed by atoms with E-state index < -0.39 is 22.8 Å². The van der Waals surface area contributed by atoms with Gasteiger partial charge in [-0.15, -0.1) is 0 Å². The Labute approximate surface area is 153 Å². The lowest BCUT2D eigenvalue weighted by Crippen LogP contribution is -2.28. The molecule has 9 nitrogen and oxygen atoms in total. The molecule has 3 aromatic rings. The summed E-state index contributed by atoms with van der Waals surface area (Å²) >= 11 is 0. The Balaban J connectivity index is 1.96. The molecular formula is C18H16N4O5. The molecule has 0 saturated heterocycles. The second-order valence-corrected chi connectivity index (χ2v) is 6.01. The lowest BCUT2D eigenvalue weighted by atomic mass is 10.0. The first-order valence-corrected chi connectivity index (χ1v) is 8.37. The Kier molecular flexibility index (Phi) is 3.91. The molecule has 0 radical (unpaired) electrons. The van der Waals surface area contributed by atoms with E-state index in [-0.39, 0.29) is 12.4 Å². The van der Waals surface area contributed by atoms with Crippen molar-refractivity contribution >= 4 is 28.8 Å². The van der Waals surface area contributed by atoms with Gasteiger partial charge >= 0.3 is 11.9 Å². The maximum atomic E-state index is 12.7. The minimum Gasteiger partial charge on any atom is -0.463 e. The number of nitrogens with zero attached hydrogens (tertiary/aromatic N) is 3. The zero-order valence-electron chi connectivity index (χ0n) is 14.6. The number of imidazole rings is 1. The number of nitro groups is 1. The molecule has 0 fully saturated rings. The summed E-state index contributed by atoms with van der Waals surface area (Å²) in [7, 11) is 0. The quantitative estimate of drug-likeness (QED) is 0.427. The Hall–Kier alpha value is -3.62. The highest BCUT2D eigenvalue weighted by Crippen LogP contribution is 2.40. The molecule has 0 bridgehead atoms. The highest BCUT2D eigenvalue weighted by Gasteiger charge is 2.37. The van der Waals surface area contributed by atoms with Crippen LogP contribution in [-0.4, -0.2) is 27.1 Å². The number of benzene rings is 1. The average molecular weight is 368 g/mol. The van der Waals surface area contributed by atoms with Crippen LogP contribution in [0.1, 0.15) is 25.6 Å². The van der Waals surface area contributed by atoms with E-state index in [2.05, 4.69) is 10.3 Å². The Morgan fingerprint density at radius 3 is 2.85 bits per heavy atom. The van der Waals surface area contributed by atoms with Crippen LogP contribution in [-0.2, 0) is 9.53 Å². The van der Waals surface area contributed by atoms with Crippen LogP contribution < -0.4 is 5.32 Å². The number of rotatable bonds is 4. The topological polar surface area (TPSA) is 112 Å². The number of para-hydroxylation sites is 2. The fourth-order valence-electron chi connectivity index (χ4n) is 3.29. The van der Waals surface area contributed by atoms with Crippen LogP contribution in [0.15, 0.2) is 52.1 Å². The Morgan fingerprint density at radius 1 is 1.37 bits per heavy atom. The first-order valence-electron chi connectivity index (χ1n) is 8.37. The molecule has 0 aliphatic carbocycles. The molecule has 1 aliphatic heterocycles. The van der Waals surface area contributed by atoms with Gasteiger partial charge in [-0.25, -0.2) is 9.78 Å². The van der Waals surface area contributed by atoms with Crippen molar-refractivity contribution in [3.05, 3.63) is 63.5 Å². The van der Waals surface area contributed by atoms with E-state index in [9.17, 15) is 14.9 Å². The number of hydrogen-bond donors (Lipinski definition) is 1. The predicted molar refractivity (Wildman–Crippen MR) is 96.2 cm³/mol. The highest BCUT2D eigenvalue weighted by molar-refractivity contribution is 5.93. The van der Waals surface area contributed by atoms with Crippen molar-refractivity contribution in [3.8, 4) is 0 Å². The Morgan fingerprint density at radius 2 is 2.15 bits per heavy atom. The summed E-state index contributed by atoms with van der Waals surface area (Å²) in [5.74, 6) is -0.133. The van der Waals surface area contributed by atoms with Gasteiger partial charge in [0, 0.05) is 5.70 Å². The van der Waals surface area contributed by atoms with Gasteiger partial charge in [0.25, 0.3) is 0 Å². The number of esters is 1. The summed E-state index contributed by atoms with van der Waals surface area (Å²) in [4.78, 5) is 27.7. The number of furan rings is 1. The first kappa shape index (κ1) is 16.8. The molecule has 0 amide bonds. The summed E-state index contributed by atoms with van der Waals surface area (Å²) in [6, 6.07) is 9.47. The maximum absolute atomic E-state index is 12.7. The van der Waals surface area contributed by atoms with E-state index in [0.717, 1.165) is 11.0 Å². The number of carbonyl (C=O) groups excluding carboxylic acids is 1. The van der Waals surface area contributed by atoms with E-state index in [1.54, 1.807) is 18.4 Å². The smallest absolute Gasteiger partial charge is 0.433 e. The molecular weight excluding hydrogens is 352 g/mol. The molecule has 1 unspecified atom stereocenters. The lowest BCUT2D eigenvalue weighted by Gasteiger charge is -2.28. The van der Waals surface area contributed by atoms with Crippen molar-refractivity contribution < 1.29 is 18.9 Å². The summed E-state index contributed by atoms with van der Waals surface area (Å²) < 4.78 is 12.5. The van der Waals surface area contributed by atoms with Gasteiger partial charge in [0.1, 0.15) is 16.7 Å². The number of fused-ring (bicyclic) bond motifs is 3. The van der Waals surface area contributed by atoms with Gasteiger partial charge in [-0.3, -0.25) is 14.7 Å². The molecule has 4 rings (SSSR count). The molecule has 1 atom stereocenters. The van der Waals surface area contributed by atoms with Crippen LogP contribution in [0.3, 0.4) is 0 Å². The number of anilines is 1. The average Bonchev–Trinajstić information content (AvgIpc) is 3.25. The maximum Gasteiger partial charge on any atom is 0.433 e. The van der Waals surface area contributed by atoms with Crippen LogP contribution >= 0.6 is 0 Å². The molecule has 27 heavy (non-hydrogen) atoms. The van der Waals surface area contributed by atoms with Gasteiger partial charge in [-0.1, -0.05) is 12.1 Å². The van der Waals surface area contributed by atoms with Crippen molar-refractivity contribution in [2.75, 3.05) is 11.9 Å². The van der Waals surface area contributed by atoms with Crippen molar-refractivity contribution in [2.24, 2.45) is 0 Å². The standard InChI is InChI=1S/C18H16N4O5/c1-3-26-17(23)15-10(2)19-18-20-11-6-4-5-7-12(11)21(18)16(15)13-8-9-14(27-13)22(24)25/h4-9,16H,3H2,1-2H3,(H,19,20). The fraction of sp³-hybridized carbons (Fsp3) is 0.222. The van der Waals surface area contributed by atoms with Crippen LogP contribution in [0.4, 0.5) is 11.8 Å². The minimum atomic E-state index is -0.735. The first-order chi connectivity index (χ1) is 13.0. The third-order valence-corrected chi connectivity index (χ3v) is 4.39. The molecule has 0 saturated carbocycles. The number of nitrogens with one attached hydrogen (secondary N) is 1. The zero-order chi connectivity index (χ0) is 19.1. The number of aromatic nitrogens is 2.